The van der Waals surface area contributed by atoms with E-state index >= 15 is 0 Å². The standard InChI is InChI=1S/C9H7N2O/c10-6-8(9(11)12)7-4-2-1-3-5-7/h1-5H,(H2,11,12). The zero-order valence-electron chi connectivity index (χ0n) is 6.32. The Bertz CT molecular complexity index is 313. The van der Waals surface area contributed by atoms with E-state index < -0.39 is 5.91 Å². The summed E-state index contributed by atoms with van der Waals surface area (Å²) in [6, 6.07) is 10.4. The normalized spacial score (nSPS) is 9.33. The molecule has 0 heterocycles. The van der Waals surface area contributed by atoms with Gasteiger partial charge in [-0.25, -0.2) is 0 Å². The summed E-state index contributed by atoms with van der Waals surface area (Å²) in [7, 11) is 0. The monoisotopic (exact) mass is 159 g/mol. The molecule has 0 aliphatic heterocycles. The summed E-state index contributed by atoms with van der Waals surface area (Å²) in [5.74, 6) is -0.695. The molecule has 0 aliphatic carbocycles. The molecule has 1 radical (unpaired) electrons. The summed E-state index contributed by atoms with van der Waals surface area (Å²) in [4.78, 5) is 10.7. The molecular formula is C9H7N2O. The van der Waals surface area contributed by atoms with E-state index in [2.05, 4.69) is 0 Å². The molecule has 0 atom stereocenters. The van der Waals surface area contributed by atoms with Crippen molar-refractivity contribution in [1.29, 1.82) is 5.26 Å². The quantitative estimate of drug-likeness (QED) is 0.687. The van der Waals surface area contributed by atoms with E-state index in [1.165, 1.54) is 0 Å². The van der Waals surface area contributed by atoms with E-state index in [0.29, 0.717) is 5.56 Å². The molecule has 1 aromatic carbocycles. The summed E-state index contributed by atoms with van der Waals surface area (Å²) in [5, 5.41) is 8.56. The van der Waals surface area contributed by atoms with E-state index in [0.717, 1.165) is 0 Å². The molecule has 0 bridgehead atoms. The number of rotatable bonds is 2. The van der Waals surface area contributed by atoms with Crippen LogP contribution in [0, 0.1) is 17.2 Å². The number of nitriles is 1. The SMILES string of the molecule is N#C[C](C(N)=O)c1ccccc1. The Morgan fingerprint density at radius 3 is 2.33 bits per heavy atom. The van der Waals surface area contributed by atoms with Crippen LogP contribution in [0.4, 0.5) is 0 Å². The summed E-state index contributed by atoms with van der Waals surface area (Å²) < 4.78 is 0. The third-order valence-corrected chi connectivity index (χ3v) is 1.42. The molecule has 1 aromatic rings. The average Bonchev–Trinajstić information content (AvgIpc) is 2.07. The number of amides is 1. The number of carbonyl (C=O) groups is 1. The van der Waals surface area contributed by atoms with Gasteiger partial charge in [0.1, 0.15) is 0 Å². The lowest BCUT2D eigenvalue weighted by molar-refractivity contribution is -0.115. The first-order valence-electron chi connectivity index (χ1n) is 3.38. The highest BCUT2D eigenvalue weighted by molar-refractivity contribution is 5.96. The minimum absolute atomic E-state index is 0.00407. The van der Waals surface area contributed by atoms with E-state index in [-0.39, 0.29) is 5.92 Å². The number of hydrogen-bond donors (Lipinski definition) is 1. The van der Waals surface area contributed by atoms with Crippen molar-refractivity contribution in [1.82, 2.24) is 0 Å². The first-order chi connectivity index (χ1) is 5.75. The van der Waals surface area contributed by atoms with Crippen molar-refractivity contribution in [2.75, 3.05) is 0 Å². The van der Waals surface area contributed by atoms with Crippen LogP contribution < -0.4 is 5.73 Å². The Labute approximate surface area is 70.4 Å². The molecule has 3 nitrogen and oxygen atoms in total. The molecule has 3 heteroatoms. The molecule has 0 unspecified atom stereocenters. The van der Waals surface area contributed by atoms with Crippen molar-refractivity contribution < 1.29 is 4.79 Å². The Morgan fingerprint density at radius 1 is 1.33 bits per heavy atom. The molecule has 0 fully saturated rings. The van der Waals surface area contributed by atoms with Crippen LogP contribution >= 0.6 is 0 Å². The van der Waals surface area contributed by atoms with Crippen molar-refractivity contribution in [3.05, 3.63) is 41.8 Å². The fourth-order valence-corrected chi connectivity index (χ4v) is 0.867. The third kappa shape index (κ3) is 1.61. The van der Waals surface area contributed by atoms with Crippen molar-refractivity contribution in [2.24, 2.45) is 5.73 Å². The number of primary amides is 1. The van der Waals surface area contributed by atoms with Gasteiger partial charge in [0.2, 0.25) is 5.91 Å². The van der Waals surface area contributed by atoms with Crippen LogP contribution in [0.5, 0.6) is 0 Å². The first kappa shape index (κ1) is 8.28. The van der Waals surface area contributed by atoms with Crippen molar-refractivity contribution in [3.8, 4) is 6.07 Å². The molecule has 12 heavy (non-hydrogen) atoms. The zero-order chi connectivity index (χ0) is 8.97. The summed E-state index contributed by atoms with van der Waals surface area (Å²) >= 11 is 0. The second-order valence-electron chi connectivity index (χ2n) is 2.22. The van der Waals surface area contributed by atoms with Gasteiger partial charge in [-0.15, -0.1) is 0 Å². The summed E-state index contributed by atoms with van der Waals surface area (Å²) in [6.07, 6.45) is 0. The maximum Gasteiger partial charge on any atom is 0.245 e. The number of carbonyl (C=O) groups excluding carboxylic acids is 1. The van der Waals surface area contributed by atoms with Crippen LogP contribution in [0.25, 0.3) is 0 Å². The van der Waals surface area contributed by atoms with Crippen LogP contribution in [-0.4, -0.2) is 5.91 Å². The van der Waals surface area contributed by atoms with E-state index in [4.69, 9.17) is 11.0 Å². The van der Waals surface area contributed by atoms with Crippen molar-refractivity contribution in [2.45, 2.75) is 0 Å². The van der Waals surface area contributed by atoms with Gasteiger partial charge in [-0.2, -0.15) is 5.26 Å². The Kier molecular flexibility index (Phi) is 2.44. The predicted octanol–water partition coefficient (Wildman–Crippen LogP) is 0.618. The molecule has 59 valence electrons. The highest BCUT2D eigenvalue weighted by Gasteiger charge is 2.17. The molecule has 0 saturated heterocycles. The van der Waals surface area contributed by atoms with Crippen molar-refractivity contribution >= 4 is 5.91 Å². The fourth-order valence-electron chi connectivity index (χ4n) is 0.867. The highest BCUT2D eigenvalue weighted by atomic mass is 16.1. The molecule has 2 N–H and O–H groups in total. The highest BCUT2D eigenvalue weighted by Crippen LogP contribution is 2.11. The van der Waals surface area contributed by atoms with Crippen LogP contribution in [-0.2, 0) is 4.79 Å². The first-order valence-corrected chi connectivity index (χ1v) is 3.38. The molecular weight excluding hydrogens is 152 g/mol. The molecule has 0 aliphatic rings. The predicted molar refractivity (Wildman–Crippen MR) is 43.6 cm³/mol. The molecule has 0 spiro atoms. The number of nitrogens with two attached hydrogens (primary N) is 1. The topological polar surface area (TPSA) is 66.9 Å². The number of nitrogens with zero attached hydrogens (tertiary/aromatic N) is 1. The fraction of sp³-hybridized carbons (Fsp3) is 0. The van der Waals surface area contributed by atoms with E-state index in [1.54, 1.807) is 36.4 Å². The van der Waals surface area contributed by atoms with Crippen molar-refractivity contribution in [3.63, 3.8) is 0 Å². The Hall–Kier alpha value is -1.82. The van der Waals surface area contributed by atoms with Crippen LogP contribution in [0.2, 0.25) is 0 Å². The third-order valence-electron chi connectivity index (χ3n) is 1.42. The zero-order valence-corrected chi connectivity index (χ0v) is 6.32. The van der Waals surface area contributed by atoms with Gasteiger partial charge in [0.15, 0.2) is 5.92 Å². The Morgan fingerprint density at radius 2 is 1.92 bits per heavy atom. The smallest absolute Gasteiger partial charge is 0.245 e. The van der Waals surface area contributed by atoms with E-state index in [9.17, 15) is 4.79 Å². The lowest BCUT2D eigenvalue weighted by Gasteiger charge is -2.01. The van der Waals surface area contributed by atoms with E-state index in [1.807, 2.05) is 0 Å². The lowest BCUT2D eigenvalue weighted by atomic mass is 10.0. The Balaban J connectivity index is 2.98. The van der Waals surface area contributed by atoms with Gasteiger partial charge in [0.05, 0.1) is 6.07 Å². The number of benzene rings is 1. The summed E-state index contributed by atoms with van der Waals surface area (Å²) in [6.45, 7) is 0. The van der Waals surface area contributed by atoms with Crippen LogP contribution in [0.1, 0.15) is 5.56 Å². The maximum absolute atomic E-state index is 10.7. The van der Waals surface area contributed by atoms with Gasteiger partial charge in [-0.3, -0.25) is 4.79 Å². The molecule has 0 saturated carbocycles. The molecule has 0 aromatic heterocycles. The van der Waals surface area contributed by atoms with Crippen LogP contribution in [0.3, 0.4) is 0 Å². The second kappa shape index (κ2) is 3.54. The minimum Gasteiger partial charge on any atom is -0.368 e. The van der Waals surface area contributed by atoms with Gasteiger partial charge in [-0.1, -0.05) is 30.3 Å². The van der Waals surface area contributed by atoms with Crippen LogP contribution in [0.15, 0.2) is 30.3 Å². The van der Waals surface area contributed by atoms with Gasteiger partial charge < -0.3 is 5.73 Å². The molecule has 1 amide bonds. The maximum atomic E-state index is 10.7. The minimum atomic E-state index is -0.691. The van der Waals surface area contributed by atoms with Gasteiger partial charge in [-0.05, 0) is 5.56 Å². The second-order valence-corrected chi connectivity index (χ2v) is 2.22. The van der Waals surface area contributed by atoms with Gasteiger partial charge in [0, 0.05) is 0 Å². The van der Waals surface area contributed by atoms with Gasteiger partial charge in [0.25, 0.3) is 0 Å². The largest absolute Gasteiger partial charge is 0.368 e. The summed E-state index contributed by atoms with van der Waals surface area (Å²) in [5.41, 5.74) is 5.54. The molecule has 1 rings (SSSR count). The van der Waals surface area contributed by atoms with Gasteiger partial charge >= 0.3 is 0 Å². The average molecular weight is 159 g/mol. The lowest BCUT2D eigenvalue weighted by Crippen LogP contribution is -2.20. The number of hydrogen-bond acceptors (Lipinski definition) is 2.